The fraction of sp³-hybridized carbons (Fsp3) is 0.421. The molecule has 0 amide bonds. The van der Waals surface area contributed by atoms with Crippen molar-refractivity contribution in [2.75, 3.05) is 25.2 Å². The first-order valence-corrected chi connectivity index (χ1v) is 8.57. The molecule has 0 bridgehead atoms. The second kappa shape index (κ2) is 6.69. The van der Waals surface area contributed by atoms with Crippen LogP contribution in [0.4, 0.5) is 5.69 Å². The number of anilines is 1. The largest absolute Gasteiger partial charge is 0.454 e. The fourth-order valence-electron chi connectivity index (χ4n) is 3.46. The van der Waals surface area contributed by atoms with E-state index in [4.69, 9.17) is 9.47 Å². The summed E-state index contributed by atoms with van der Waals surface area (Å²) in [5.74, 6) is 1.66. The van der Waals surface area contributed by atoms with Crippen molar-refractivity contribution < 1.29 is 9.47 Å². The predicted molar refractivity (Wildman–Crippen MR) is 93.5 cm³/mol. The van der Waals surface area contributed by atoms with Crippen molar-refractivity contribution in [3.05, 3.63) is 47.8 Å². The Hall–Kier alpha value is -2.27. The van der Waals surface area contributed by atoms with E-state index in [9.17, 15) is 0 Å². The minimum Gasteiger partial charge on any atom is -0.454 e. The number of pyridine rings is 1. The summed E-state index contributed by atoms with van der Waals surface area (Å²) in [4.78, 5) is 7.11. The van der Waals surface area contributed by atoms with Crippen molar-refractivity contribution >= 4 is 5.69 Å². The number of piperidine rings is 1. The van der Waals surface area contributed by atoms with Crippen LogP contribution in [-0.4, -0.2) is 35.8 Å². The van der Waals surface area contributed by atoms with Gasteiger partial charge in [0.15, 0.2) is 11.5 Å². The summed E-state index contributed by atoms with van der Waals surface area (Å²) >= 11 is 0. The zero-order chi connectivity index (χ0) is 16.4. The van der Waals surface area contributed by atoms with Gasteiger partial charge in [0.1, 0.15) is 0 Å². The number of rotatable bonds is 4. The minimum atomic E-state index is 0.319. The van der Waals surface area contributed by atoms with Gasteiger partial charge in [-0.15, -0.1) is 0 Å². The molecule has 1 aromatic heterocycles. The van der Waals surface area contributed by atoms with Gasteiger partial charge >= 0.3 is 0 Å². The molecular formula is C19H23N3O2. The number of nitrogens with one attached hydrogen (secondary N) is 1. The van der Waals surface area contributed by atoms with Crippen LogP contribution in [0.5, 0.6) is 11.5 Å². The molecule has 1 unspecified atom stereocenters. The maximum atomic E-state index is 5.46. The van der Waals surface area contributed by atoms with Gasteiger partial charge in [-0.2, -0.15) is 0 Å². The maximum Gasteiger partial charge on any atom is 0.231 e. The lowest BCUT2D eigenvalue weighted by Crippen LogP contribution is -2.41. The van der Waals surface area contributed by atoms with E-state index in [1.807, 2.05) is 25.1 Å². The Labute approximate surface area is 142 Å². The van der Waals surface area contributed by atoms with Crippen LogP contribution in [0.15, 0.2) is 36.4 Å². The molecule has 1 N–H and O–H groups in total. The molecular weight excluding hydrogens is 302 g/mol. The average molecular weight is 325 g/mol. The Bertz CT molecular complexity index is 720. The molecule has 0 spiro atoms. The Morgan fingerprint density at radius 2 is 2.12 bits per heavy atom. The summed E-state index contributed by atoms with van der Waals surface area (Å²) in [6, 6.07) is 12.8. The highest BCUT2D eigenvalue weighted by Crippen LogP contribution is 2.34. The second-order valence-corrected chi connectivity index (χ2v) is 6.56. The average Bonchev–Trinajstić information content (AvgIpc) is 3.03. The summed E-state index contributed by atoms with van der Waals surface area (Å²) in [7, 11) is 0. The Morgan fingerprint density at radius 3 is 3.04 bits per heavy atom. The van der Waals surface area contributed by atoms with Crippen molar-refractivity contribution in [3.8, 4) is 11.5 Å². The third kappa shape index (κ3) is 3.46. The van der Waals surface area contributed by atoms with Crippen LogP contribution in [0.3, 0.4) is 0 Å². The third-order valence-electron chi connectivity index (χ3n) is 4.58. The molecule has 1 fully saturated rings. The van der Waals surface area contributed by atoms with Gasteiger partial charge < -0.3 is 14.8 Å². The van der Waals surface area contributed by atoms with Gasteiger partial charge in [0.05, 0.1) is 5.69 Å². The van der Waals surface area contributed by atoms with Gasteiger partial charge in [0, 0.05) is 36.6 Å². The molecule has 5 heteroatoms. The number of benzene rings is 1. The first kappa shape index (κ1) is 15.3. The van der Waals surface area contributed by atoms with Crippen LogP contribution < -0.4 is 14.8 Å². The van der Waals surface area contributed by atoms with E-state index in [0.29, 0.717) is 12.8 Å². The highest BCUT2D eigenvalue weighted by atomic mass is 16.7. The SMILES string of the molecule is Cc1cccc(CN2CCCC(Nc3ccc4c(c3)OCO4)C2)n1. The Kier molecular flexibility index (Phi) is 4.26. The van der Waals surface area contributed by atoms with Gasteiger partial charge in [-0.3, -0.25) is 9.88 Å². The summed E-state index contributed by atoms with van der Waals surface area (Å²) < 4.78 is 10.8. The lowest BCUT2D eigenvalue weighted by Gasteiger charge is -2.33. The Morgan fingerprint density at radius 1 is 1.21 bits per heavy atom. The van der Waals surface area contributed by atoms with E-state index in [1.54, 1.807) is 0 Å². The van der Waals surface area contributed by atoms with E-state index in [-0.39, 0.29) is 0 Å². The molecule has 1 saturated heterocycles. The first-order valence-electron chi connectivity index (χ1n) is 8.57. The molecule has 24 heavy (non-hydrogen) atoms. The van der Waals surface area contributed by atoms with Gasteiger partial charge in [-0.1, -0.05) is 6.07 Å². The van der Waals surface area contributed by atoms with E-state index >= 15 is 0 Å². The van der Waals surface area contributed by atoms with Gasteiger partial charge in [-0.25, -0.2) is 0 Å². The molecule has 5 nitrogen and oxygen atoms in total. The number of likely N-dealkylation sites (tertiary alicyclic amines) is 1. The number of aryl methyl sites for hydroxylation is 1. The van der Waals surface area contributed by atoms with Crippen molar-refractivity contribution in [2.24, 2.45) is 0 Å². The second-order valence-electron chi connectivity index (χ2n) is 6.56. The van der Waals surface area contributed by atoms with E-state index in [0.717, 1.165) is 48.2 Å². The van der Waals surface area contributed by atoms with Crippen LogP contribution in [-0.2, 0) is 6.54 Å². The zero-order valence-corrected chi connectivity index (χ0v) is 14.0. The van der Waals surface area contributed by atoms with Crippen molar-refractivity contribution in [1.29, 1.82) is 0 Å². The smallest absolute Gasteiger partial charge is 0.231 e. The lowest BCUT2D eigenvalue weighted by atomic mass is 10.0. The molecule has 1 atom stereocenters. The quantitative estimate of drug-likeness (QED) is 0.935. The summed E-state index contributed by atoms with van der Waals surface area (Å²) in [6.07, 6.45) is 2.39. The molecule has 2 aromatic rings. The van der Waals surface area contributed by atoms with E-state index in [1.165, 1.54) is 12.8 Å². The highest BCUT2D eigenvalue weighted by Gasteiger charge is 2.21. The molecule has 1 aromatic carbocycles. The Balaban J connectivity index is 1.38. The van der Waals surface area contributed by atoms with Gasteiger partial charge in [-0.05, 0) is 50.6 Å². The molecule has 0 aliphatic carbocycles. The predicted octanol–water partition coefficient (Wildman–Crippen LogP) is 3.20. The summed E-state index contributed by atoms with van der Waals surface area (Å²) in [6.45, 7) is 5.45. The number of nitrogens with zero attached hydrogens (tertiary/aromatic N) is 2. The molecule has 126 valence electrons. The van der Waals surface area contributed by atoms with E-state index < -0.39 is 0 Å². The lowest BCUT2D eigenvalue weighted by molar-refractivity contribution is 0.174. The normalized spacial score (nSPS) is 20.1. The van der Waals surface area contributed by atoms with E-state index in [2.05, 4.69) is 33.4 Å². The standard InChI is InChI=1S/C19H23N3O2/c1-14-4-2-5-16(20-14)11-22-9-3-6-17(12-22)21-15-7-8-18-19(10-15)24-13-23-18/h2,4-5,7-8,10,17,21H,3,6,9,11-13H2,1H3. The number of fused-ring (bicyclic) bond motifs is 1. The van der Waals surface area contributed by atoms with Crippen LogP contribution in [0, 0.1) is 6.92 Å². The maximum absolute atomic E-state index is 5.46. The van der Waals surface area contributed by atoms with Crippen molar-refractivity contribution in [1.82, 2.24) is 9.88 Å². The zero-order valence-electron chi connectivity index (χ0n) is 14.0. The van der Waals surface area contributed by atoms with Crippen LogP contribution in [0.2, 0.25) is 0 Å². The molecule has 4 rings (SSSR count). The van der Waals surface area contributed by atoms with Crippen molar-refractivity contribution in [2.45, 2.75) is 32.4 Å². The van der Waals surface area contributed by atoms with Crippen LogP contribution in [0.25, 0.3) is 0 Å². The first-order chi connectivity index (χ1) is 11.8. The summed E-state index contributed by atoms with van der Waals surface area (Å²) in [5, 5.41) is 3.64. The summed E-state index contributed by atoms with van der Waals surface area (Å²) in [5.41, 5.74) is 3.33. The molecule has 0 saturated carbocycles. The molecule has 2 aliphatic heterocycles. The van der Waals surface area contributed by atoms with Crippen molar-refractivity contribution in [3.63, 3.8) is 0 Å². The van der Waals surface area contributed by atoms with Gasteiger partial charge in [0.25, 0.3) is 0 Å². The number of hydrogen-bond donors (Lipinski definition) is 1. The number of ether oxygens (including phenoxy) is 2. The van der Waals surface area contributed by atoms with Crippen LogP contribution in [0.1, 0.15) is 24.2 Å². The molecule has 2 aliphatic rings. The fourth-order valence-corrected chi connectivity index (χ4v) is 3.46. The minimum absolute atomic E-state index is 0.319. The monoisotopic (exact) mass is 325 g/mol. The topological polar surface area (TPSA) is 46.6 Å². The number of hydrogen-bond acceptors (Lipinski definition) is 5. The third-order valence-corrected chi connectivity index (χ3v) is 4.58. The van der Waals surface area contributed by atoms with Crippen LogP contribution >= 0.6 is 0 Å². The highest BCUT2D eigenvalue weighted by molar-refractivity contribution is 5.56. The van der Waals surface area contributed by atoms with Gasteiger partial charge in [0.2, 0.25) is 6.79 Å². The molecule has 3 heterocycles. The number of aromatic nitrogens is 1. The molecule has 0 radical (unpaired) electrons.